The number of nitrogens with zero attached hydrogens (tertiary/aromatic N) is 1. The highest BCUT2D eigenvalue weighted by atomic mass is 32.2. The number of carboxylic acid groups (broad SMARTS) is 1. The van der Waals surface area contributed by atoms with Crippen molar-refractivity contribution in [3.05, 3.63) is 25.3 Å². The molecule has 0 aliphatic carbocycles. The summed E-state index contributed by atoms with van der Waals surface area (Å²) in [6, 6.07) is -0.452. The Morgan fingerprint density at radius 2 is 2.06 bits per heavy atom. The molecule has 2 N–H and O–H groups in total. The van der Waals surface area contributed by atoms with E-state index in [0.717, 1.165) is 25.4 Å². The van der Waals surface area contributed by atoms with Gasteiger partial charge in [0.05, 0.1) is 0 Å². The molecule has 0 heterocycles. The Morgan fingerprint density at radius 1 is 1.44 bits per heavy atom. The van der Waals surface area contributed by atoms with E-state index in [9.17, 15) is 4.79 Å². The van der Waals surface area contributed by atoms with Crippen LogP contribution in [0.1, 0.15) is 6.42 Å². The fraction of sp³-hybridized carbons (Fsp3) is 0.615. The van der Waals surface area contributed by atoms with Gasteiger partial charge in [-0.2, -0.15) is 11.8 Å². The smallest absolute Gasteiger partial charge is 0.320 e. The first kappa shape index (κ1) is 17.2. The lowest BCUT2D eigenvalue weighted by molar-refractivity contribution is -0.139. The maximum Gasteiger partial charge on any atom is 0.320 e. The van der Waals surface area contributed by atoms with Crippen LogP contribution in [0.15, 0.2) is 25.3 Å². The van der Waals surface area contributed by atoms with Crippen LogP contribution in [-0.4, -0.2) is 60.2 Å². The molecule has 0 spiro atoms. The molecular formula is C13H24N2O2S. The molecule has 0 saturated heterocycles. The van der Waals surface area contributed by atoms with Gasteiger partial charge in [0.1, 0.15) is 6.04 Å². The van der Waals surface area contributed by atoms with E-state index in [1.807, 2.05) is 18.4 Å². The maximum absolute atomic E-state index is 11.0. The number of rotatable bonds is 12. The van der Waals surface area contributed by atoms with Crippen molar-refractivity contribution < 1.29 is 9.90 Å². The van der Waals surface area contributed by atoms with E-state index >= 15 is 0 Å². The number of hydrogen-bond donors (Lipinski definition) is 2. The molecule has 4 nitrogen and oxygen atoms in total. The van der Waals surface area contributed by atoms with Crippen LogP contribution in [0.5, 0.6) is 0 Å². The van der Waals surface area contributed by atoms with E-state index in [1.165, 1.54) is 0 Å². The SMILES string of the molecule is C=CCN(CC=C)CCN[C@@H](CCSC)C(=O)O. The van der Waals surface area contributed by atoms with Crippen LogP contribution in [0.3, 0.4) is 0 Å². The van der Waals surface area contributed by atoms with Gasteiger partial charge in [0.2, 0.25) is 0 Å². The molecule has 0 rings (SSSR count). The molecule has 0 unspecified atom stereocenters. The summed E-state index contributed by atoms with van der Waals surface area (Å²) < 4.78 is 0. The van der Waals surface area contributed by atoms with Gasteiger partial charge in [0.25, 0.3) is 0 Å². The molecule has 0 aromatic rings. The minimum Gasteiger partial charge on any atom is -0.480 e. The van der Waals surface area contributed by atoms with Gasteiger partial charge in [0.15, 0.2) is 0 Å². The molecule has 1 atom stereocenters. The average Bonchev–Trinajstić information content (AvgIpc) is 2.33. The van der Waals surface area contributed by atoms with Crippen molar-refractivity contribution >= 4 is 17.7 Å². The van der Waals surface area contributed by atoms with Crippen molar-refractivity contribution in [2.45, 2.75) is 12.5 Å². The number of carboxylic acids is 1. The van der Waals surface area contributed by atoms with Gasteiger partial charge in [-0.15, -0.1) is 13.2 Å². The molecule has 104 valence electrons. The summed E-state index contributed by atoms with van der Waals surface area (Å²) in [5, 5.41) is 12.1. The molecule has 0 aromatic heterocycles. The standard InChI is InChI=1S/C13H24N2O2S/c1-4-8-15(9-5-2)10-7-14-12(13(16)17)6-11-18-3/h4-5,12,14H,1-2,6-11H2,3H3,(H,16,17)/t12-/m0/s1. The lowest BCUT2D eigenvalue weighted by Gasteiger charge is -2.20. The Kier molecular flexibility index (Phi) is 10.8. The quantitative estimate of drug-likeness (QED) is 0.527. The van der Waals surface area contributed by atoms with Crippen LogP contribution in [0.25, 0.3) is 0 Å². The highest BCUT2D eigenvalue weighted by molar-refractivity contribution is 7.98. The fourth-order valence-electron chi connectivity index (χ4n) is 1.57. The zero-order chi connectivity index (χ0) is 13.8. The second kappa shape index (κ2) is 11.3. The van der Waals surface area contributed by atoms with E-state index in [1.54, 1.807) is 11.8 Å². The predicted octanol–water partition coefficient (Wildman–Crippen LogP) is 1.46. The second-order valence-electron chi connectivity index (χ2n) is 3.96. The van der Waals surface area contributed by atoms with Crippen LogP contribution >= 0.6 is 11.8 Å². The van der Waals surface area contributed by atoms with E-state index in [0.29, 0.717) is 13.0 Å². The Labute approximate surface area is 114 Å². The van der Waals surface area contributed by atoms with Crippen LogP contribution in [-0.2, 0) is 4.79 Å². The van der Waals surface area contributed by atoms with Crippen LogP contribution < -0.4 is 5.32 Å². The lowest BCUT2D eigenvalue weighted by atomic mass is 10.2. The summed E-state index contributed by atoms with van der Waals surface area (Å²) in [7, 11) is 0. The molecule has 0 saturated carbocycles. The Morgan fingerprint density at radius 3 is 2.50 bits per heavy atom. The summed E-state index contributed by atoms with van der Waals surface area (Å²) in [6.07, 6.45) is 6.31. The van der Waals surface area contributed by atoms with Crippen molar-refractivity contribution in [3.63, 3.8) is 0 Å². The first-order valence-corrected chi connectivity index (χ1v) is 7.44. The minimum atomic E-state index is -0.775. The minimum absolute atomic E-state index is 0.452. The fourth-order valence-corrected chi connectivity index (χ4v) is 2.04. The van der Waals surface area contributed by atoms with Crippen molar-refractivity contribution in [3.8, 4) is 0 Å². The van der Waals surface area contributed by atoms with Gasteiger partial charge in [-0.25, -0.2) is 0 Å². The van der Waals surface area contributed by atoms with Gasteiger partial charge in [-0.05, 0) is 18.4 Å². The molecule has 0 amide bonds. The molecular weight excluding hydrogens is 248 g/mol. The molecule has 0 bridgehead atoms. The number of thioether (sulfide) groups is 1. The normalized spacial score (nSPS) is 12.3. The van der Waals surface area contributed by atoms with Gasteiger partial charge in [0, 0.05) is 26.2 Å². The molecule has 5 heteroatoms. The molecule has 0 aliphatic rings. The van der Waals surface area contributed by atoms with Gasteiger partial charge < -0.3 is 10.4 Å². The predicted molar refractivity (Wildman–Crippen MR) is 79.3 cm³/mol. The largest absolute Gasteiger partial charge is 0.480 e. The first-order valence-electron chi connectivity index (χ1n) is 6.05. The zero-order valence-electron chi connectivity index (χ0n) is 11.1. The Hall–Kier alpha value is -0.780. The van der Waals surface area contributed by atoms with Gasteiger partial charge >= 0.3 is 5.97 Å². The van der Waals surface area contributed by atoms with Crippen molar-refractivity contribution in [1.29, 1.82) is 0 Å². The lowest BCUT2D eigenvalue weighted by Crippen LogP contribution is -2.41. The molecule has 0 aromatic carbocycles. The monoisotopic (exact) mass is 272 g/mol. The van der Waals surface area contributed by atoms with Crippen molar-refractivity contribution in [1.82, 2.24) is 10.2 Å². The highest BCUT2D eigenvalue weighted by Gasteiger charge is 2.15. The third-order valence-corrected chi connectivity index (χ3v) is 3.15. The number of hydrogen-bond acceptors (Lipinski definition) is 4. The summed E-state index contributed by atoms with van der Waals surface area (Å²) in [4.78, 5) is 13.2. The molecule has 0 radical (unpaired) electrons. The van der Waals surface area contributed by atoms with Gasteiger partial charge in [-0.3, -0.25) is 9.69 Å². The molecule has 0 fully saturated rings. The van der Waals surface area contributed by atoms with Crippen LogP contribution in [0, 0.1) is 0 Å². The first-order chi connectivity index (χ1) is 8.65. The number of nitrogens with one attached hydrogen (secondary N) is 1. The summed E-state index contributed by atoms with van der Waals surface area (Å²) in [6.45, 7) is 10.4. The maximum atomic E-state index is 11.0. The van der Waals surface area contributed by atoms with E-state index in [4.69, 9.17) is 5.11 Å². The highest BCUT2D eigenvalue weighted by Crippen LogP contribution is 2.01. The summed E-state index contributed by atoms with van der Waals surface area (Å²) in [5.41, 5.74) is 0. The van der Waals surface area contributed by atoms with Crippen molar-refractivity contribution in [2.75, 3.05) is 38.2 Å². The van der Waals surface area contributed by atoms with Crippen molar-refractivity contribution in [2.24, 2.45) is 0 Å². The molecule has 0 aliphatic heterocycles. The third kappa shape index (κ3) is 8.33. The van der Waals surface area contributed by atoms with E-state index < -0.39 is 12.0 Å². The summed E-state index contributed by atoms with van der Waals surface area (Å²) >= 11 is 1.66. The Bertz CT molecular complexity index is 249. The molecule has 18 heavy (non-hydrogen) atoms. The topological polar surface area (TPSA) is 52.6 Å². The second-order valence-corrected chi connectivity index (χ2v) is 4.95. The zero-order valence-corrected chi connectivity index (χ0v) is 11.9. The average molecular weight is 272 g/mol. The van der Waals surface area contributed by atoms with Crippen LogP contribution in [0.4, 0.5) is 0 Å². The number of carbonyl (C=O) groups is 1. The third-order valence-electron chi connectivity index (χ3n) is 2.50. The van der Waals surface area contributed by atoms with E-state index in [2.05, 4.69) is 23.4 Å². The Balaban J connectivity index is 3.97. The van der Waals surface area contributed by atoms with Gasteiger partial charge in [-0.1, -0.05) is 12.2 Å². The van der Waals surface area contributed by atoms with Crippen LogP contribution in [0.2, 0.25) is 0 Å². The number of aliphatic carboxylic acids is 1. The van der Waals surface area contributed by atoms with E-state index in [-0.39, 0.29) is 0 Å². The summed E-state index contributed by atoms with van der Waals surface area (Å²) in [5.74, 6) is 0.0792.